The molecule has 0 aromatic heterocycles. The Morgan fingerprint density at radius 2 is 1.72 bits per heavy atom. The molecule has 5 nitrogen and oxygen atoms in total. The highest BCUT2D eigenvalue weighted by molar-refractivity contribution is 7.92. The predicted molar refractivity (Wildman–Crippen MR) is 95.1 cm³/mol. The van der Waals surface area contributed by atoms with Gasteiger partial charge in [0.05, 0.1) is 10.1 Å². The average molecular weight is 359 g/mol. The molecule has 3 N–H and O–H groups in total. The van der Waals surface area contributed by atoms with E-state index in [1.54, 1.807) is 18.2 Å². The number of benzene rings is 2. The van der Waals surface area contributed by atoms with Gasteiger partial charge in [0.15, 0.2) is 9.84 Å². The summed E-state index contributed by atoms with van der Waals surface area (Å²) >= 11 is 0. The van der Waals surface area contributed by atoms with Crippen LogP contribution in [0.1, 0.15) is 24.0 Å². The number of hydrogen-bond donors (Lipinski definition) is 2. The first kappa shape index (κ1) is 17.6. The smallest absolute Gasteiger partial charge is 0.312 e. The van der Waals surface area contributed by atoms with Crippen LogP contribution in [0, 0.1) is 5.41 Å². The first-order valence-electron chi connectivity index (χ1n) is 8.20. The molecular formula is C19H21NO4S. The van der Waals surface area contributed by atoms with Gasteiger partial charge in [0, 0.05) is 12.5 Å². The molecule has 0 saturated heterocycles. The van der Waals surface area contributed by atoms with Crippen molar-refractivity contribution in [3.63, 3.8) is 0 Å². The molecule has 3 unspecified atom stereocenters. The van der Waals surface area contributed by atoms with Crippen molar-refractivity contribution < 1.29 is 18.3 Å². The lowest BCUT2D eigenvalue weighted by molar-refractivity contribution is -0.143. The summed E-state index contributed by atoms with van der Waals surface area (Å²) in [6.45, 7) is 1.80. The predicted octanol–water partition coefficient (Wildman–Crippen LogP) is 2.22. The molecule has 25 heavy (non-hydrogen) atoms. The van der Waals surface area contributed by atoms with Gasteiger partial charge in [-0.05, 0) is 29.7 Å². The number of rotatable bonds is 6. The van der Waals surface area contributed by atoms with Crippen LogP contribution < -0.4 is 5.73 Å². The monoisotopic (exact) mass is 359 g/mol. The van der Waals surface area contributed by atoms with E-state index in [0.717, 1.165) is 12.0 Å². The number of nitrogens with two attached hydrogens (primary N) is 1. The zero-order chi connectivity index (χ0) is 18.2. The molecule has 0 amide bonds. The highest BCUT2D eigenvalue weighted by atomic mass is 32.2. The van der Waals surface area contributed by atoms with Gasteiger partial charge in [-0.2, -0.15) is 0 Å². The van der Waals surface area contributed by atoms with Crippen LogP contribution in [0.2, 0.25) is 0 Å². The van der Waals surface area contributed by atoms with Gasteiger partial charge in [-0.25, -0.2) is 8.42 Å². The van der Waals surface area contributed by atoms with Gasteiger partial charge in [0.1, 0.15) is 5.41 Å². The standard InChI is InChI=1S/C19H21NO4S/c1-2-13-8-10-14(11-9-13)16-17(19(16,12-20)18(21)22)25(23,24)15-6-4-3-5-7-15/h3-11,16-17H,2,12,20H2,1H3,(H,21,22). The van der Waals surface area contributed by atoms with Gasteiger partial charge in [-0.15, -0.1) is 0 Å². The largest absolute Gasteiger partial charge is 0.481 e. The molecule has 2 aromatic rings. The minimum atomic E-state index is -3.80. The summed E-state index contributed by atoms with van der Waals surface area (Å²) in [4.78, 5) is 12.1. The summed E-state index contributed by atoms with van der Waals surface area (Å²) in [5, 5.41) is 8.71. The molecule has 1 aliphatic rings. The number of carbonyl (C=O) groups is 1. The number of aryl methyl sites for hydroxylation is 1. The Kier molecular flexibility index (Phi) is 4.43. The van der Waals surface area contributed by atoms with E-state index >= 15 is 0 Å². The molecule has 1 saturated carbocycles. The second-order valence-electron chi connectivity index (χ2n) is 6.40. The lowest BCUT2D eigenvalue weighted by Crippen LogP contribution is -2.31. The Morgan fingerprint density at radius 1 is 1.12 bits per heavy atom. The van der Waals surface area contributed by atoms with Crippen LogP contribution in [0.4, 0.5) is 0 Å². The maximum absolute atomic E-state index is 13.1. The number of sulfone groups is 1. The third-order valence-electron chi connectivity index (χ3n) is 5.15. The third kappa shape index (κ3) is 2.65. The highest BCUT2D eigenvalue weighted by Crippen LogP contribution is 2.63. The number of aliphatic carboxylic acids is 1. The minimum absolute atomic E-state index is 0.131. The van der Waals surface area contributed by atoms with Crippen molar-refractivity contribution in [1.29, 1.82) is 0 Å². The lowest BCUT2D eigenvalue weighted by Gasteiger charge is -2.10. The molecule has 6 heteroatoms. The summed E-state index contributed by atoms with van der Waals surface area (Å²) in [6, 6.07) is 15.4. The molecule has 0 spiro atoms. The first-order valence-corrected chi connectivity index (χ1v) is 9.75. The maximum atomic E-state index is 13.1. The van der Waals surface area contributed by atoms with Crippen molar-refractivity contribution in [2.45, 2.75) is 29.4 Å². The Hall–Kier alpha value is -2.18. The second-order valence-corrected chi connectivity index (χ2v) is 8.47. The average Bonchev–Trinajstić information content (AvgIpc) is 3.34. The molecular weight excluding hydrogens is 338 g/mol. The summed E-state index contributed by atoms with van der Waals surface area (Å²) in [5.74, 6) is -1.81. The fraction of sp³-hybridized carbons (Fsp3) is 0.316. The summed E-state index contributed by atoms with van der Waals surface area (Å²) in [7, 11) is -3.80. The van der Waals surface area contributed by atoms with Crippen LogP contribution in [0.15, 0.2) is 59.5 Å². The first-order chi connectivity index (χ1) is 11.9. The van der Waals surface area contributed by atoms with E-state index in [1.165, 1.54) is 12.1 Å². The zero-order valence-corrected chi connectivity index (χ0v) is 14.7. The second kappa shape index (κ2) is 6.28. The van der Waals surface area contributed by atoms with E-state index in [9.17, 15) is 18.3 Å². The van der Waals surface area contributed by atoms with Crippen molar-refractivity contribution in [3.05, 3.63) is 65.7 Å². The molecule has 1 aliphatic carbocycles. The van der Waals surface area contributed by atoms with Crippen LogP contribution in [0.3, 0.4) is 0 Å². The van der Waals surface area contributed by atoms with E-state index in [4.69, 9.17) is 5.73 Å². The van der Waals surface area contributed by atoms with E-state index in [0.29, 0.717) is 5.56 Å². The van der Waals surface area contributed by atoms with Gasteiger partial charge in [-0.1, -0.05) is 49.4 Å². The Labute approximate surface area is 147 Å². The third-order valence-corrected chi connectivity index (χ3v) is 7.44. The molecule has 2 aromatic carbocycles. The number of carboxylic acids is 1. The van der Waals surface area contributed by atoms with Gasteiger partial charge in [0.25, 0.3) is 0 Å². The van der Waals surface area contributed by atoms with E-state index < -0.39 is 32.4 Å². The topological polar surface area (TPSA) is 97.5 Å². The van der Waals surface area contributed by atoms with E-state index in [-0.39, 0.29) is 11.4 Å². The lowest BCUT2D eigenvalue weighted by atomic mass is 9.98. The van der Waals surface area contributed by atoms with Crippen LogP contribution in [0.25, 0.3) is 0 Å². The van der Waals surface area contributed by atoms with Crippen molar-refractivity contribution in [2.24, 2.45) is 11.1 Å². The van der Waals surface area contributed by atoms with Crippen LogP contribution in [-0.4, -0.2) is 31.3 Å². The normalized spacial score (nSPS) is 25.5. The SMILES string of the molecule is CCc1ccc(C2C(S(=O)(=O)c3ccccc3)C2(CN)C(=O)O)cc1. The molecule has 0 radical (unpaired) electrons. The van der Waals surface area contributed by atoms with Crippen molar-refractivity contribution in [3.8, 4) is 0 Å². The molecule has 3 rings (SSSR count). The highest BCUT2D eigenvalue weighted by Gasteiger charge is 2.75. The van der Waals surface area contributed by atoms with Gasteiger partial charge < -0.3 is 10.8 Å². The fourth-order valence-electron chi connectivity index (χ4n) is 3.64. The number of hydrogen-bond acceptors (Lipinski definition) is 4. The molecule has 1 fully saturated rings. The molecule has 3 atom stereocenters. The van der Waals surface area contributed by atoms with Crippen LogP contribution >= 0.6 is 0 Å². The molecule has 132 valence electrons. The Balaban J connectivity index is 2.08. The van der Waals surface area contributed by atoms with Gasteiger partial charge in [0.2, 0.25) is 0 Å². The molecule has 0 heterocycles. The van der Waals surface area contributed by atoms with Gasteiger partial charge >= 0.3 is 5.97 Å². The molecule has 0 bridgehead atoms. The van der Waals surface area contributed by atoms with Crippen molar-refractivity contribution in [2.75, 3.05) is 6.54 Å². The summed E-state index contributed by atoms with van der Waals surface area (Å²) in [6.07, 6.45) is 0.859. The summed E-state index contributed by atoms with van der Waals surface area (Å²) < 4.78 is 26.1. The molecule has 0 aliphatic heterocycles. The fourth-order valence-corrected chi connectivity index (χ4v) is 6.04. The van der Waals surface area contributed by atoms with Crippen LogP contribution in [-0.2, 0) is 21.1 Å². The zero-order valence-electron chi connectivity index (χ0n) is 13.9. The van der Waals surface area contributed by atoms with Crippen LogP contribution in [0.5, 0.6) is 0 Å². The Morgan fingerprint density at radius 3 is 2.20 bits per heavy atom. The quantitative estimate of drug-likeness (QED) is 0.824. The van der Waals surface area contributed by atoms with E-state index in [1.807, 2.05) is 31.2 Å². The van der Waals surface area contributed by atoms with Gasteiger partial charge in [-0.3, -0.25) is 4.79 Å². The Bertz CT molecular complexity index is 877. The van der Waals surface area contributed by atoms with Crippen molar-refractivity contribution >= 4 is 15.8 Å². The summed E-state index contributed by atoms with van der Waals surface area (Å²) in [5.41, 5.74) is 6.10. The maximum Gasteiger partial charge on any atom is 0.312 e. The van der Waals surface area contributed by atoms with E-state index in [2.05, 4.69) is 0 Å². The number of carboxylic acid groups (broad SMARTS) is 1. The van der Waals surface area contributed by atoms with Crippen molar-refractivity contribution in [1.82, 2.24) is 0 Å². The minimum Gasteiger partial charge on any atom is -0.481 e.